The van der Waals surface area contributed by atoms with Crippen LogP contribution in [0.4, 0.5) is 11.4 Å². The van der Waals surface area contributed by atoms with Crippen molar-refractivity contribution < 1.29 is 19.9 Å². The van der Waals surface area contributed by atoms with Crippen LogP contribution in [0.2, 0.25) is 0 Å². The number of hydrogen-bond donors (Lipinski definition) is 3. The number of nitro groups is 1. The molecule has 0 atom stereocenters. The Kier molecular flexibility index (Phi) is 3.15. The number of nitrogens with one attached hydrogen (secondary N) is 1. The van der Waals surface area contributed by atoms with Gasteiger partial charge in [0.05, 0.1) is 11.0 Å². The van der Waals surface area contributed by atoms with Gasteiger partial charge in [-0.25, -0.2) is 4.79 Å². The number of aliphatic hydroxyl groups is 1. The Bertz CT molecular complexity index is 496. The van der Waals surface area contributed by atoms with E-state index >= 15 is 0 Å². The summed E-state index contributed by atoms with van der Waals surface area (Å²) >= 11 is 0. The van der Waals surface area contributed by atoms with Crippen LogP contribution in [0.15, 0.2) is 18.2 Å². The van der Waals surface area contributed by atoms with Gasteiger partial charge in [0.15, 0.2) is 0 Å². The molecular formula is C11H12N2O5. The van der Waals surface area contributed by atoms with Crippen molar-refractivity contribution >= 4 is 17.3 Å². The highest BCUT2D eigenvalue weighted by Crippen LogP contribution is 2.32. The number of para-hydroxylation sites is 1. The van der Waals surface area contributed by atoms with Gasteiger partial charge in [-0.3, -0.25) is 10.1 Å². The number of carbonyl (C=O) groups is 1. The zero-order valence-corrected chi connectivity index (χ0v) is 9.37. The average molecular weight is 252 g/mol. The van der Waals surface area contributed by atoms with Crippen LogP contribution in [0.25, 0.3) is 0 Å². The van der Waals surface area contributed by atoms with Gasteiger partial charge in [-0.05, 0) is 25.0 Å². The van der Waals surface area contributed by atoms with Crippen LogP contribution in [0.5, 0.6) is 0 Å². The van der Waals surface area contributed by atoms with Crippen molar-refractivity contribution in [2.45, 2.75) is 25.0 Å². The van der Waals surface area contributed by atoms with Gasteiger partial charge in [0, 0.05) is 6.04 Å². The number of rotatable bonds is 4. The van der Waals surface area contributed by atoms with E-state index in [1.807, 2.05) is 0 Å². The van der Waals surface area contributed by atoms with Crippen LogP contribution in [0.3, 0.4) is 0 Å². The van der Waals surface area contributed by atoms with Gasteiger partial charge in [0.1, 0.15) is 11.3 Å². The molecule has 0 bridgehead atoms. The Hall–Kier alpha value is -2.15. The van der Waals surface area contributed by atoms with Gasteiger partial charge in [0.25, 0.3) is 0 Å². The highest BCUT2D eigenvalue weighted by atomic mass is 16.6. The fourth-order valence-corrected chi connectivity index (χ4v) is 1.95. The van der Waals surface area contributed by atoms with Gasteiger partial charge in [-0.1, -0.05) is 6.07 Å². The highest BCUT2D eigenvalue weighted by Gasteiger charge is 2.30. The normalized spacial score (nSPS) is 22.1. The summed E-state index contributed by atoms with van der Waals surface area (Å²) in [6.45, 7) is 0. The standard InChI is InChI=1S/C11H12N2O5/c14-7-4-6(5-7)12-9-3-1-2-8(11(15)16)10(9)13(17)18/h1-3,6-7,12,14H,4-5H2,(H,15,16). The zero-order valence-electron chi connectivity index (χ0n) is 9.37. The SMILES string of the molecule is O=C(O)c1cccc(NC2CC(O)C2)c1[N+](=O)[O-]. The van der Waals surface area contributed by atoms with Crippen molar-refractivity contribution in [2.24, 2.45) is 0 Å². The maximum absolute atomic E-state index is 11.0. The number of carboxylic acids is 1. The summed E-state index contributed by atoms with van der Waals surface area (Å²) in [6.07, 6.45) is 0.632. The first-order chi connectivity index (χ1) is 8.49. The van der Waals surface area contributed by atoms with Crippen LogP contribution < -0.4 is 5.32 Å². The lowest BCUT2D eigenvalue weighted by atomic mass is 9.89. The Morgan fingerprint density at radius 3 is 2.61 bits per heavy atom. The molecule has 1 aromatic rings. The highest BCUT2D eigenvalue weighted by molar-refractivity contribution is 5.95. The largest absolute Gasteiger partial charge is 0.477 e. The summed E-state index contributed by atoms with van der Waals surface area (Å²) in [6, 6.07) is 4.06. The molecule has 1 saturated carbocycles. The summed E-state index contributed by atoms with van der Waals surface area (Å²) in [5.74, 6) is -1.33. The summed E-state index contributed by atoms with van der Waals surface area (Å²) in [5.41, 5.74) is -0.604. The topological polar surface area (TPSA) is 113 Å². The molecule has 0 saturated heterocycles. The van der Waals surface area contributed by atoms with Crippen LogP contribution in [0.1, 0.15) is 23.2 Å². The zero-order chi connectivity index (χ0) is 13.3. The van der Waals surface area contributed by atoms with Crippen LogP contribution in [0, 0.1) is 10.1 Å². The third kappa shape index (κ3) is 2.25. The van der Waals surface area contributed by atoms with E-state index in [4.69, 9.17) is 10.2 Å². The molecule has 0 spiro atoms. The van der Waals surface area contributed by atoms with Gasteiger partial charge in [-0.2, -0.15) is 0 Å². The molecule has 0 amide bonds. The second-order valence-corrected chi connectivity index (χ2v) is 4.23. The smallest absolute Gasteiger partial charge is 0.342 e. The maximum Gasteiger partial charge on any atom is 0.342 e. The van der Waals surface area contributed by atoms with Crippen molar-refractivity contribution in [3.05, 3.63) is 33.9 Å². The first kappa shape index (κ1) is 12.3. The first-order valence-electron chi connectivity index (χ1n) is 5.44. The molecule has 7 heteroatoms. The van der Waals surface area contributed by atoms with Gasteiger partial charge in [-0.15, -0.1) is 0 Å². The van der Waals surface area contributed by atoms with Crippen molar-refractivity contribution in [1.82, 2.24) is 0 Å². The minimum absolute atomic E-state index is 0.0530. The molecule has 96 valence electrons. The summed E-state index contributed by atoms with van der Waals surface area (Å²) in [7, 11) is 0. The lowest BCUT2D eigenvalue weighted by Gasteiger charge is -2.32. The molecule has 0 radical (unpaired) electrons. The second-order valence-electron chi connectivity index (χ2n) is 4.23. The van der Waals surface area contributed by atoms with E-state index in [9.17, 15) is 14.9 Å². The van der Waals surface area contributed by atoms with Crippen LogP contribution >= 0.6 is 0 Å². The van der Waals surface area contributed by atoms with Crippen molar-refractivity contribution in [3.63, 3.8) is 0 Å². The monoisotopic (exact) mass is 252 g/mol. The van der Waals surface area contributed by atoms with Crippen molar-refractivity contribution in [1.29, 1.82) is 0 Å². The number of benzene rings is 1. The number of hydrogen-bond acceptors (Lipinski definition) is 5. The van der Waals surface area contributed by atoms with Gasteiger partial charge in [0.2, 0.25) is 0 Å². The fourth-order valence-electron chi connectivity index (χ4n) is 1.95. The molecule has 0 heterocycles. The molecule has 1 aromatic carbocycles. The Morgan fingerprint density at radius 2 is 2.11 bits per heavy atom. The van der Waals surface area contributed by atoms with Gasteiger partial charge >= 0.3 is 11.7 Å². The Labute approximate surface area is 102 Å². The molecule has 3 N–H and O–H groups in total. The van der Waals surface area contributed by atoms with Crippen LogP contribution in [-0.2, 0) is 0 Å². The van der Waals surface area contributed by atoms with E-state index in [0.717, 1.165) is 0 Å². The Balaban J connectivity index is 2.31. The molecular weight excluding hydrogens is 240 g/mol. The fraction of sp³-hybridized carbons (Fsp3) is 0.364. The van der Waals surface area contributed by atoms with E-state index in [0.29, 0.717) is 12.8 Å². The molecule has 18 heavy (non-hydrogen) atoms. The predicted molar refractivity (Wildman–Crippen MR) is 62.7 cm³/mol. The number of aliphatic hydroxyl groups excluding tert-OH is 1. The first-order valence-corrected chi connectivity index (χ1v) is 5.44. The number of aromatic carboxylic acids is 1. The summed E-state index contributed by atoms with van der Waals surface area (Å²) < 4.78 is 0. The van der Waals surface area contributed by atoms with Crippen LogP contribution in [-0.4, -0.2) is 33.3 Å². The number of nitro benzene ring substituents is 1. The average Bonchev–Trinajstić information content (AvgIpc) is 2.26. The minimum atomic E-state index is -1.33. The number of carboxylic acid groups (broad SMARTS) is 1. The molecule has 1 aliphatic rings. The third-order valence-electron chi connectivity index (χ3n) is 2.92. The number of anilines is 1. The summed E-state index contributed by atoms with van der Waals surface area (Å²) in [4.78, 5) is 21.2. The molecule has 0 unspecified atom stereocenters. The molecule has 0 aromatic heterocycles. The quantitative estimate of drug-likeness (QED) is 0.548. The Morgan fingerprint density at radius 1 is 1.44 bits per heavy atom. The predicted octanol–water partition coefficient (Wildman–Crippen LogP) is 1.23. The summed E-state index contributed by atoms with van der Waals surface area (Å²) in [5, 5.41) is 31.9. The lowest BCUT2D eigenvalue weighted by Crippen LogP contribution is -2.39. The van der Waals surface area contributed by atoms with E-state index in [2.05, 4.69) is 5.32 Å². The molecule has 2 rings (SSSR count). The molecule has 7 nitrogen and oxygen atoms in total. The van der Waals surface area contributed by atoms with Crippen molar-refractivity contribution in [3.8, 4) is 0 Å². The van der Waals surface area contributed by atoms with Crippen molar-refractivity contribution in [2.75, 3.05) is 5.32 Å². The molecule has 1 fully saturated rings. The van der Waals surface area contributed by atoms with Gasteiger partial charge < -0.3 is 15.5 Å². The molecule has 1 aliphatic carbocycles. The lowest BCUT2D eigenvalue weighted by molar-refractivity contribution is -0.384. The third-order valence-corrected chi connectivity index (χ3v) is 2.92. The van der Waals surface area contributed by atoms with E-state index in [1.165, 1.54) is 18.2 Å². The van der Waals surface area contributed by atoms with E-state index in [1.54, 1.807) is 0 Å². The van der Waals surface area contributed by atoms with E-state index in [-0.39, 0.29) is 23.4 Å². The maximum atomic E-state index is 11.0. The van der Waals surface area contributed by atoms with E-state index < -0.39 is 16.6 Å². The number of nitrogens with zero attached hydrogens (tertiary/aromatic N) is 1. The molecule has 0 aliphatic heterocycles. The second kappa shape index (κ2) is 4.61. The minimum Gasteiger partial charge on any atom is -0.477 e.